The quantitative estimate of drug-likeness (QED) is 0.830. The molecule has 1 aromatic rings. The number of nitrogens with one attached hydrogen (secondary N) is 1. The molecule has 1 rings (SSSR count). The standard InChI is InChI=1S/C11H20N2S/c1-9(11(2,3)4)12-6-5-10-13-7-8-14-10/h7-9,12H,5-6H2,1-4H3. The topological polar surface area (TPSA) is 24.9 Å². The van der Waals surface area contributed by atoms with Crippen LogP contribution in [0.5, 0.6) is 0 Å². The van der Waals surface area contributed by atoms with E-state index in [0.717, 1.165) is 13.0 Å². The first kappa shape index (κ1) is 11.7. The van der Waals surface area contributed by atoms with E-state index in [1.165, 1.54) is 5.01 Å². The molecule has 0 aliphatic carbocycles. The Bertz CT molecular complexity index is 249. The third kappa shape index (κ3) is 3.76. The van der Waals surface area contributed by atoms with Crippen molar-refractivity contribution in [1.29, 1.82) is 0 Å². The summed E-state index contributed by atoms with van der Waals surface area (Å²) in [6.07, 6.45) is 2.91. The number of aromatic nitrogens is 1. The molecule has 0 spiro atoms. The van der Waals surface area contributed by atoms with Crippen molar-refractivity contribution in [2.24, 2.45) is 5.41 Å². The lowest BCUT2D eigenvalue weighted by Gasteiger charge is -2.28. The minimum atomic E-state index is 0.336. The number of rotatable bonds is 4. The Hall–Kier alpha value is -0.410. The van der Waals surface area contributed by atoms with Gasteiger partial charge >= 0.3 is 0 Å². The molecule has 0 bridgehead atoms. The summed E-state index contributed by atoms with van der Waals surface area (Å²) < 4.78 is 0. The van der Waals surface area contributed by atoms with Gasteiger partial charge in [0.05, 0.1) is 5.01 Å². The summed E-state index contributed by atoms with van der Waals surface area (Å²) in [5.74, 6) is 0. The van der Waals surface area contributed by atoms with E-state index in [1.54, 1.807) is 11.3 Å². The highest BCUT2D eigenvalue weighted by atomic mass is 32.1. The van der Waals surface area contributed by atoms with Gasteiger partial charge in [0.2, 0.25) is 0 Å². The fraction of sp³-hybridized carbons (Fsp3) is 0.727. The average Bonchev–Trinajstić information content (AvgIpc) is 2.55. The number of thiazole rings is 1. The van der Waals surface area contributed by atoms with Crippen LogP contribution in [-0.4, -0.2) is 17.6 Å². The third-order valence-corrected chi connectivity index (χ3v) is 3.41. The Morgan fingerprint density at radius 1 is 1.50 bits per heavy atom. The first-order valence-electron chi connectivity index (χ1n) is 5.12. The Morgan fingerprint density at radius 3 is 2.71 bits per heavy atom. The van der Waals surface area contributed by atoms with Crippen molar-refractivity contribution in [3.05, 3.63) is 16.6 Å². The Labute approximate surface area is 90.8 Å². The monoisotopic (exact) mass is 212 g/mol. The highest BCUT2D eigenvalue weighted by molar-refractivity contribution is 7.09. The lowest BCUT2D eigenvalue weighted by molar-refractivity contribution is 0.288. The molecule has 0 radical (unpaired) electrons. The van der Waals surface area contributed by atoms with Crippen LogP contribution in [0.2, 0.25) is 0 Å². The average molecular weight is 212 g/mol. The minimum Gasteiger partial charge on any atom is -0.313 e. The van der Waals surface area contributed by atoms with E-state index in [1.807, 2.05) is 11.6 Å². The van der Waals surface area contributed by atoms with Gasteiger partial charge in [0.1, 0.15) is 0 Å². The van der Waals surface area contributed by atoms with E-state index < -0.39 is 0 Å². The fourth-order valence-corrected chi connectivity index (χ4v) is 1.70. The number of hydrogen-bond donors (Lipinski definition) is 1. The summed E-state index contributed by atoms with van der Waals surface area (Å²) in [5.41, 5.74) is 0.336. The van der Waals surface area contributed by atoms with Crippen LogP contribution in [0.3, 0.4) is 0 Å². The largest absolute Gasteiger partial charge is 0.313 e. The van der Waals surface area contributed by atoms with Gasteiger partial charge in [0, 0.05) is 30.6 Å². The Kier molecular flexibility index (Phi) is 4.08. The predicted molar refractivity (Wildman–Crippen MR) is 62.7 cm³/mol. The fourth-order valence-electron chi connectivity index (χ4n) is 1.08. The molecular formula is C11H20N2S. The van der Waals surface area contributed by atoms with E-state index in [2.05, 4.69) is 38.0 Å². The van der Waals surface area contributed by atoms with Crippen molar-refractivity contribution in [2.45, 2.75) is 40.2 Å². The molecule has 0 fully saturated rings. The number of nitrogens with zero attached hydrogens (tertiary/aromatic N) is 1. The molecule has 3 heteroatoms. The van der Waals surface area contributed by atoms with Crippen molar-refractivity contribution >= 4 is 11.3 Å². The van der Waals surface area contributed by atoms with E-state index in [-0.39, 0.29) is 0 Å². The van der Waals surface area contributed by atoms with Crippen LogP contribution in [0.15, 0.2) is 11.6 Å². The molecule has 0 saturated carbocycles. The first-order chi connectivity index (χ1) is 6.50. The summed E-state index contributed by atoms with van der Waals surface area (Å²) in [4.78, 5) is 4.25. The van der Waals surface area contributed by atoms with Crippen LogP contribution in [0.1, 0.15) is 32.7 Å². The van der Waals surface area contributed by atoms with Crippen LogP contribution in [-0.2, 0) is 6.42 Å². The molecule has 1 N–H and O–H groups in total. The van der Waals surface area contributed by atoms with Gasteiger partial charge in [-0.1, -0.05) is 20.8 Å². The third-order valence-electron chi connectivity index (χ3n) is 2.57. The zero-order valence-electron chi connectivity index (χ0n) is 9.50. The highest BCUT2D eigenvalue weighted by Crippen LogP contribution is 2.18. The molecule has 0 aliphatic heterocycles. The second-order valence-corrected chi connectivity index (χ2v) is 5.70. The van der Waals surface area contributed by atoms with Crippen molar-refractivity contribution in [3.8, 4) is 0 Å². The second-order valence-electron chi connectivity index (χ2n) is 4.72. The number of hydrogen-bond acceptors (Lipinski definition) is 3. The summed E-state index contributed by atoms with van der Waals surface area (Å²) in [5, 5.41) is 6.78. The predicted octanol–water partition coefficient (Wildman–Crippen LogP) is 2.71. The van der Waals surface area contributed by atoms with E-state index in [0.29, 0.717) is 11.5 Å². The minimum absolute atomic E-state index is 0.336. The van der Waals surface area contributed by atoms with E-state index in [4.69, 9.17) is 0 Å². The van der Waals surface area contributed by atoms with Gasteiger partial charge in [-0.25, -0.2) is 4.98 Å². The smallest absolute Gasteiger partial charge is 0.0937 e. The van der Waals surface area contributed by atoms with Crippen LogP contribution in [0.4, 0.5) is 0 Å². The van der Waals surface area contributed by atoms with Crippen LogP contribution >= 0.6 is 11.3 Å². The van der Waals surface area contributed by atoms with Gasteiger partial charge < -0.3 is 5.32 Å². The first-order valence-corrected chi connectivity index (χ1v) is 6.00. The molecule has 0 saturated heterocycles. The van der Waals surface area contributed by atoms with Crippen molar-refractivity contribution in [1.82, 2.24) is 10.3 Å². The molecule has 0 aromatic carbocycles. The maximum atomic E-state index is 4.25. The van der Waals surface area contributed by atoms with Gasteiger partial charge in [-0.3, -0.25) is 0 Å². The molecular weight excluding hydrogens is 192 g/mol. The van der Waals surface area contributed by atoms with Crippen LogP contribution in [0.25, 0.3) is 0 Å². The molecule has 1 atom stereocenters. The second kappa shape index (κ2) is 4.89. The van der Waals surface area contributed by atoms with Gasteiger partial charge in [-0.05, 0) is 12.3 Å². The zero-order valence-corrected chi connectivity index (χ0v) is 10.3. The lowest BCUT2D eigenvalue weighted by atomic mass is 9.88. The summed E-state index contributed by atoms with van der Waals surface area (Å²) >= 11 is 1.73. The van der Waals surface area contributed by atoms with Crippen LogP contribution in [0, 0.1) is 5.41 Å². The molecule has 0 amide bonds. The molecule has 2 nitrogen and oxygen atoms in total. The summed E-state index contributed by atoms with van der Waals surface area (Å²) in [6, 6.07) is 0.544. The van der Waals surface area contributed by atoms with Crippen molar-refractivity contribution < 1.29 is 0 Å². The van der Waals surface area contributed by atoms with Crippen LogP contribution < -0.4 is 5.32 Å². The molecule has 80 valence electrons. The van der Waals surface area contributed by atoms with E-state index >= 15 is 0 Å². The van der Waals surface area contributed by atoms with Crippen molar-refractivity contribution in [2.75, 3.05) is 6.54 Å². The highest BCUT2D eigenvalue weighted by Gasteiger charge is 2.18. The SMILES string of the molecule is CC(NCCc1nccs1)C(C)(C)C. The lowest BCUT2D eigenvalue weighted by Crippen LogP contribution is -2.38. The maximum Gasteiger partial charge on any atom is 0.0937 e. The molecule has 1 heterocycles. The Morgan fingerprint density at radius 2 is 2.21 bits per heavy atom. The summed E-state index contributed by atoms with van der Waals surface area (Å²) in [7, 11) is 0. The Balaban J connectivity index is 2.22. The van der Waals surface area contributed by atoms with Gasteiger partial charge in [-0.2, -0.15) is 0 Å². The maximum absolute atomic E-state index is 4.25. The van der Waals surface area contributed by atoms with Gasteiger partial charge in [0.25, 0.3) is 0 Å². The molecule has 14 heavy (non-hydrogen) atoms. The molecule has 1 aromatic heterocycles. The van der Waals surface area contributed by atoms with Gasteiger partial charge in [0.15, 0.2) is 0 Å². The van der Waals surface area contributed by atoms with Crippen molar-refractivity contribution in [3.63, 3.8) is 0 Å². The molecule has 1 unspecified atom stereocenters. The van der Waals surface area contributed by atoms with E-state index in [9.17, 15) is 0 Å². The zero-order chi connectivity index (χ0) is 10.6. The van der Waals surface area contributed by atoms with Gasteiger partial charge in [-0.15, -0.1) is 11.3 Å². The normalized spacial score (nSPS) is 14.3. The summed E-state index contributed by atoms with van der Waals surface area (Å²) in [6.45, 7) is 10.0. The molecule has 0 aliphatic rings.